The molecular weight excluding hydrogens is 286 g/mol. The summed E-state index contributed by atoms with van der Waals surface area (Å²) in [5.74, 6) is 0.771. The molecule has 1 aromatic rings. The number of aliphatic hydroxyl groups excluding tert-OH is 1. The molecule has 4 heteroatoms. The largest absolute Gasteiger partial charge is 0.389 e. The van der Waals surface area contributed by atoms with Crippen LogP contribution in [0.25, 0.3) is 0 Å². The number of hydrogen-bond donors (Lipinski definition) is 2. The molecule has 1 saturated carbocycles. The molecule has 2 N–H and O–H groups in total. The van der Waals surface area contributed by atoms with Gasteiger partial charge in [0.15, 0.2) is 0 Å². The minimum atomic E-state index is -0.457. The van der Waals surface area contributed by atoms with E-state index in [1.807, 2.05) is 24.3 Å². The van der Waals surface area contributed by atoms with Crippen molar-refractivity contribution in [2.24, 2.45) is 5.92 Å². The lowest BCUT2D eigenvalue weighted by Gasteiger charge is -2.22. The quantitative estimate of drug-likeness (QED) is 0.773. The first-order valence-corrected chi connectivity index (χ1v) is 8.26. The van der Waals surface area contributed by atoms with Gasteiger partial charge in [-0.25, -0.2) is 0 Å². The van der Waals surface area contributed by atoms with E-state index in [1.54, 1.807) is 0 Å². The van der Waals surface area contributed by atoms with Crippen LogP contribution < -0.4 is 5.32 Å². The minimum absolute atomic E-state index is 0.354. The Hall–Kier alpha value is -0.610. The van der Waals surface area contributed by atoms with Crippen molar-refractivity contribution in [1.82, 2.24) is 5.32 Å². The molecule has 1 fully saturated rings. The van der Waals surface area contributed by atoms with E-state index < -0.39 is 6.10 Å². The zero-order valence-electron chi connectivity index (χ0n) is 12.7. The summed E-state index contributed by atoms with van der Waals surface area (Å²) in [6, 6.07) is 8.06. The Balaban J connectivity index is 1.58. The molecule has 2 atom stereocenters. The Morgan fingerprint density at radius 2 is 1.95 bits per heavy atom. The number of halogens is 1. The summed E-state index contributed by atoms with van der Waals surface area (Å²) in [4.78, 5) is 0. The van der Waals surface area contributed by atoms with Crippen molar-refractivity contribution in [3.05, 3.63) is 34.9 Å². The van der Waals surface area contributed by atoms with Crippen molar-refractivity contribution in [3.8, 4) is 0 Å². The fourth-order valence-electron chi connectivity index (χ4n) is 2.90. The summed E-state index contributed by atoms with van der Waals surface area (Å²) >= 11 is 5.83. The zero-order valence-corrected chi connectivity index (χ0v) is 13.5. The normalized spacial score (nSPS) is 18.8. The van der Waals surface area contributed by atoms with Crippen LogP contribution in [0.4, 0.5) is 0 Å². The molecule has 0 spiro atoms. The predicted molar refractivity (Wildman–Crippen MR) is 86.5 cm³/mol. The number of nitrogens with one attached hydrogen (secondary N) is 1. The van der Waals surface area contributed by atoms with E-state index >= 15 is 0 Å². The molecule has 118 valence electrons. The molecule has 0 aromatic heterocycles. The summed E-state index contributed by atoms with van der Waals surface area (Å²) in [5, 5.41) is 14.1. The SMILES string of the molecule is C[C@@H](NCC(O)COCc1ccc(Cl)cc1)C1CCCC1. The van der Waals surface area contributed by atoms with Crippen molar-refractivity contribution in [2.45, 2.75) is 51.4 Å². The van der Waals surface area contributed by atoms with Gasteiger partial charge in [-0.2, -0.15) is 0 Å². The van der Waals surface area contributed by atoms with E-state index in [4.69, 9.17) is 16.3 Å². The molecule has 0 radical (unpaired) electrons. The first-order chi connectivity index (χ1) is 10.1. The van der Waals surface area contributed by atoms with Crippen molar-refractivity contribution in [3.63, 3.8) is 0 Å². The van der Waals surface area contributed by atoms with Crippen LogP contribution in [0.15, 0.2) is 24.3 Å². The predicted octanol–water partition coefficient (Wildman–Crippen LogP) is 3.39. The van der Waals surface area contributed by atoms with Crippen molar-refractivity contribution in [2.75, 3.05) is 13.2 Å². The highest BCUT2D eigenvalue weighted by molar-refractivity contribution is 6.30. The zero-order chi connectivity index (χ0) is 15.1. The van der Waals surface area contributed by atoms with E-state index in [-0.39, 0.29) is 0 Å². The molecule has 0 heterocycles. The third kappa shape index (κ3) is 5.95. The van der Waals surface area contributed by atoms with Crippen molar-refractivity contribution >= 4 is 11.6 Å². The Morgan fingerprint density at radius 1 is 1.29 bits per heavy atom. The van der Waals surface area contributed by atoms with Gasteiger partial charge in [-0.15, -0.1) is 0 Å². The average molecular weight is 312 g/mol. The van der Waals surface area contributed by atoms with Crippen LogP contribution in [0.1, 0.15) is 38.2 Å². The van der Waals surface area contributed by atoms with E-state index in [0.29, 0.717) is 25.8 Å². The van der Waals surface area contributed by atoms with Gasteiger partial charge in [0.2, 0.25) is 0 Å². The van der Waals surface area contributed by atoms with Gasteiger partial charge in [0.25, 0.3) is 0 Å². The first-order valence-electron chi connectivity index (χ1n) is 7.89. The van der Waals surface area contributed by atoms with E-state index in [9.17, 15) is 5.11 Å². The maximum Gasteiger partial charge on any atom is 0.0897 e. The topological polar surface area (TPSA) is 41.5 Å². The van der Waals surface area contributed by atoms with Crippen molar-refractivity contribution < 1.29 is 9.84 Å². The lowest BCUT2D eigenvalue weighted by molar-refractivity contribution is 0.0270. The standard InChI is InChI=1S/C17H26ClNO2/c1-13(15-4-2-3-5-15)19-10-17(20)12-21-11-14-6-8-16(18)9-7-14/h6-9,13,15,17,19-20H,2-5,10-12H2,1H3/t13-,17?/m1/s1. The molecule has 1 aromatic carbocycles. The van der Waals surface area contributed by atoms with Crippen molar-refractivity contribution in [1.29, 1.82) is 0 Å². The summed E-state index contributed by atoms with van der Waals surface area (Å²) in [6.07, 6.45) is 4.88. The highest BCUT2D eigenvalue weighted by atomic mass is 35.5. The molecular formula is C17H26ClNO2. The summed E-state index contributed by atoms with van der Waals surface area (Å²) in [7, 11) is 0. The van der Waals surface area contributed by atoms with E-state index in [2.05, 4.69) is 12.2 Å². The number of hydrogen-bond acceptors (Lipinski definition) is 3. The summed E-state index contributed by atoms with van der Waals surface area (Å²) < 4.78 is 5.55. The smallest absolute Gasteiger partial charge is 0.0897 e. The van der Waals surface area contributed by atoms with E-state index in [1.165, 1.54) is 25.7 Å². The minimum Gasteiger partial charge on any atom is -0.389 e. The maximum atomic E-state index is 9.95. The van der Waals surface area contributed by atoms with Crippen LogP contribution in [0, 0.1) is 5.92 Å². The molecule has 1 unspecified atom stereocenters. The van der Waals surface area contributed by atoms with Gasteiger partial charge in [-0.1, -0.05) is 36.6 Å². The molecule has 3 nitrogen and oxygen atoms in total. The molecule has 2 rings (SSSR count). The van der Waals surface area contributed by atoms with Gasteiger partial charge in [-0.3, -0.25) is 0 Å². The maximum absolute atomic E-state index is 9.95. The fourth-order valence-corrected chi connectivity index (χ4v) is 3.02. The van der Waals surface area contributed by atoms with Gasteiger partial charge in [0.05, 0.1) is 19.3 Å². The lowest BCUT2D eigenvalue weighted by Crippen LogP contribution is -2.39. The molecule has 0 amide bonds. The molecule has 0 aliphatic heterocycles. The van der Waals surface area contributed by atoms with Gasteiger partial charge < -0.3 is 15.2 Å². The Labute approximate surface area is 132 Å². The highest BCUT2D eigenvalue weighted by Crippen LogP contribution is 2.27. The summed E-state index contributed by atoms with van der Waals surface area (Å²) in [6.45, 7) is 3.68. The fraction of sp³-hybridized carbons (Fsp3) is 0.647. The molecule has 0 saturated heterocycles. The molecule has 21 heavy (non-hydrogen) atoms. The van der Waals surface area contributed by atoms with Crippen LogP contribution in [0.2, 0.25) is 5.02 Å². The summed E-state index contributed by atoms with van der Waals surface area (Å²) in [5.41, 5.74) is 1.07. The number of aliphatic hydroxyl groups is 1. The second kappa shape index (κ2) is 8.74. The Morgan fingerprint density at radius 3 is 2.62 bits per heavy atom. The van der Waals surface area contributed by atoms with Crippen LogP contribution >= 0.6 is 11.6 Å². The van der Waals surface area contributed by atoms with Gasteiger partial charge >= 0.3 is 0 Å². The van der Waals surface area contributed by atoms with Crippen LogP contribution in [0.3, 0.4) is 0 Å². The number of benzene rings is 1. The van der Waals surface area contributed by atoms with Gasteiger partial charge in [-0.05, 0) is 43.4 Å². The first kappa shape index (κ1) is 16.8. The molecule has 1 aliphatic rings. The number of ether oxygens (including phenoxy) is 1. The van der Waals surface area contributed by atoms with Crippen LogP contribution in [-0.2, 0) is 11.3 Å². The average Bonchev–Trinajstić information content (AvgIpc) is 3.01. The monoisotopic (exact) mass is 311 g/mol. The second-order valence-corrected chi connectivity index (χ2v) is 6.47. The van der Waals surface area contributed by atoms with E-state index in [0.717, 1.165) is 16.5 Å². The Kier molecular flexibility index (Phi) is 6.97. The highest BCUT2D eigenvalue weighted by Gasteiger charge is 2.21. The van der Waals surface area contributed by atoms with Gasteiger partial charge in [0.1, 0.15) is 0 Å². The number of rotatable bonds is 8. The van der Waals surface area contributed by atoms with Crippen LogP contribution in [0.5, 0.6) is 0 Å². The second-order valence-electron chi connectivity index (χ2n) is 6.04. The third-order valence-corrected chi connectivity index (χ3v) is 4.53. The third-order valence-electron chi connectivity index (χ3n) is 4.27. The lowest BCUT2D eigenvalue weighted by atomic mass is 10.00. The van der Waals surface area contributed by atoms with Crippen LogP contribution in [-0.4, -0.2) is 30.4 Å². The molecule has 1 aliphatic carbocycles. The molecule has 0 bridgehead atoms. The van der Waals surface area contributed by atoms with Gasteiger partial charge in [0, 0.05) is 17.6 Å². The Bertz CT molecular complexity index is 404.